The zero-order chi connectivity index (χ0) is 14.6. The molecule has 0 spiro atoms. The van der Waals surface area contributed by atoms with E-state index in [0.29, 0.717) is 6.54 Å². The second-order valence-electron chi connectivity index (χ2n) is 4.08. The van der Waals surface area contributed by atoms with Crippen molar-refractivity contribution in [3.63, 3.8) is 0 Å². The van der Waals surface area contributed by atoms with Crippen molar-refractivity contribution in [3.05, 3.63) is 41.3 Å². The molecular formula is C12H15ClN4O2S. The lowest BCUT2D eigenvalue weighted by Crippen LogP contribution is -2.14. The van der Waals surface area contributed by atoms with E-state index in [4.69, 9.17) is 11.6 Å². The summed E-state index contributed by atoms with van der Waals surface area (Å²) in [6.45, 7) is 3.37. The van der Waals surface area contributed by atoms with Gasteiger partial charge in [0, 0.05) is 24.6 Å². The second kappa shape index (κ2) is 6.25. The molecule has 0 saturated heterocycles. The lowest BCUT2D eigenvalue weighted by Gasteiger charge is -2.06. The molecule has 2 rings (SSSR count). The maximum absolute atomic E-state index is 12.2. The smallest absolute Gasteiger partial charge is 0.264 e. The van der Waals surface area contributed by atoms with E-state index in [0.717, 1.165) is 12.2 Å². The molecule has 0 radical (unpaired) electrons. The number of anilines is 1. The molecule has 0 unspecified atom stereocenters. The van der Waals surface area contributed by atoms with Crippen LogP contribution in [0.4, 0.5) is 5.82 Å². The van der Waals surface area contributed by atoms with Gasteiger partial charge in [-0.3, -0.25) is 4.72 Å². The highest BCUT2D eigenvalue weighted by atomic mass is 35.5. The average molecular weight is 315 g/mol. The van der Waals surface area contributed by atoms with Crippen molar-refractivity contribution in [3.8, 4) is 0 Å². The highest BCUT2D eigenvalue weighted by Crippen LogP contribution is 2.21. The molecule has 0 amide bonds. The first-order valence-corrected chi connectivity index (χ1v) is 7.90. The minimum atomic E-state index is -3.70. The molecule has 0 aliphatic carbocycles. The van der Waals surface area contributed by atoms with Gasteiger partial charge in [-0.2, -0.15) is 0 Å². The third-order valence-electron chi connectivity index (χ3n) is 2.58. The normalized spacial score (nSPS) is 11.5. The van der Waals surface area contributed by atoms with Crippen molar-refractivity contribution in [2.45, 2.75) is 18.4 Å². The molecule has 108 valence electrons. The summed E-state index contributed by atoms with van der Waals surface area (Å²) in [7, 11) is -3.70. The molecule has 2 heterocycles. The number of nitrogens with zero attached hydrogens (tertiary/aromatic N) is 1. The van der Waals surface area contributed by atoms with Crippen LogP contribution in [0.1, 0.15) is 12.6 Å². The zero-order valence-electron chi connectivity index (χ0n) is 10.9. The maximum atomic E-state index is 12.2. The third kappa shape index (κ3) is 3.50. The fourth-order valence-corrected chi connectivity index (χ4v) is 2.85. The van der Waals surface area contributed by atoms with Crippen LogP contribution in [-0.2, 0) is 16.6 Å². The first kappa shape index (κ1) is 14.8. The summed E-state index contributed by atoms with van der Waals surface area (Å²) in [4.78, 5) is 6.96. The van der Waals surface area contributed by atoms with Crippen LogP contribution in [0.25, 0.3) is 0 Å². The highest BCUT2D eigenvalue weighted by Gasteiger charge is 2.18. The van der Waals surface area contributed by atoms with Gasteiger partial charge >= 0.3 is 0 Å². The molecule has 0 aromatic carbocycles. The fourth-order valence-electron chi connectivity index (χ4n) is 1.58. The second-order valence-corrected chi connectivity index (χ2v) is 6.17. The molecule has 2 aromatic heterocycles. The van der Waals surface area contributed by atoms with E-state index in [1.165, 1.54) is 12.4 Å². The number of H-pyrrole nitrogens is 1. The number of aromatic nitrogens is 2. The van der Waals surface area contributed by atoms with Gasteiger partial charge < -0.3 is 10.3 Å². The molecule has 0 aliphatic rings. The highest BCUT2D eigenvalue weighted by molar-refractivity contribution is 7.92. The number of rotatable bonds is 6. The Balaban J connectivity index is 2.18. The minimum Gasteiger partial charge on any atom is -0.363 e. The Labute approximate surface area is 122 Å². The first-order chi connectivity index (χ1) is 9.53. The summed E-state index contributed by atoms with van der Waals surface area (Å²) in [6.07, 6.45) is 2.91. The Bertz CT molecular complexity index is 684. The molecule has 0 fully saturated rings. The molecule has 2 aromatic rings. The van der Waals surface area contributed by atoms with Crippen LogP contribution < -0.4 is 10.0 Å². The maximum Gasteiger partial charge on any atom is 0.264 e. The predicted octanol–water partition coefficient (Wildman–Crippen LogP) is 1.97. The number of aromatic amines is 1. The Morgan fingerprint density at radius 1 is 1.45 bits per heavy atom. The summed E-state index contributed by atoms with van der Waals surface area (Å²) < 4.78 is 26.7. The van der Waals surface area contributed by atoms with E-state index in [1.807, 2.05) is 6.92 Å². The number of hydrogen-bond donors (Lipinski definition) is 3. The summed E-state index contributed by atoms with van der Waals surface area (Å²) in [5.41, 5.74) is 0.791. The van der Waals surface area contributed by atoms with Gasteiger partial charge in [0.15, 0.2) is 5.82 Å². The topological polar surface area (TPSA) is 86.9 Å². The van der Waals surface area contributed by atoms with Crippen molar-refractivity contribution in [2.75, 3.05) is 11.3 Å². The minimum absolute atomic E-state index is 0.114. The van der Waals surface area contributed by atoms with Crippen LogP contribution in [0.15, 0.2) is 35.5 Å². The largest absolute Gasteiger partial charge is 0.363 e. The van der Waals surface area contributed by atoms with Gasteiger partial charge in [0.25, 0.3) is 10.0 Å². The fraction of sp³-hybridized carbons (Fsp3) is 0.250. The molecule has 0 bridgehead atoms. The Hall–Kier alpha value is -1.57. The standard InChI is InChI=1S/C12H15ClN4O2S/c1-2-14-7-9-6-10(8-16-9)20(18,19)17-12-11(13)4-3-5-15-12/h3-6,8,14,16H,2,7H2,1H3,(H,15,17). The van der Waals surface area contributed by atoms with E-state index < -0.39 is 10.0 Å². The van der Waals surface area contributed by atoms with Gasteiger partial charge in [-0.15, -0.1) is 0 Å². The molecule has 20 heavy (non-hydrogen) atoms. The zero-order valence-corrected chi connectivity index (χ0v) is 12.4. The van der Waals surface area contributed by atoms with E-state index >= 15 is 0 Å². The lowest BCUT2D eigenvalue weighted by atomic mass is 10.4. The van der Waals surface area contributed by atoms with Crippen LogP contribution in [0, 0.1) is 0 Å². The van der Waals surface area contributed by atoms with E-state index in [-0.39, 0.29) is 15.7 Å². The summed E-state index contributed by atoms with van der Waals surface area (Å²) in [5, 5.41) is 3.36. The van der Waals surface area contributed by atoms with Gasteiger partial charge in [0.2, 0.25) is 0 Å². The Morgan fingerprint density at radius 3 is 2.95 bits per heavy atom. The third-order valence-corrected chi connectivity index (χ3v) is 4.20. The van der Waals surface area contributed by atoms with Gasteiger partial charge in [-0.1, -0.05) is 18.5 Å². The van der Waals surface area contributed by atoms with Crippen molar-refractivity contribution in [1.29, 1.82) is 0 Å². The van der Waals surface area contributed by atoms with Crippen LogP contribution in [0.2, 0.25) is 5.02 Å². The number of hydrogen-bond acceptors (Lipinski definition) is 4. The summed E-state index contributed by atoms with van der Waals surface area (Å²) in [6, 6.07) is 4.77. The van der Waals surface area contributed by atoms with E-state index in [9.17, 15) is 8.42 Å². The van der Waals surface area contributed by atoms with Gasteiger partial charge in [-0.05, 0) is 24.7 Å². The number of sulfonamides is 1. The molecule has 6 nitrogen and oxygen atoms in total. The van der Waals surface area contributed by atoms with Crippen LogP contribution in [0.3, 0.4) is 0 Å². The Kier molecular flexibility index (Phi) is 4.64. The summed E-state index contributed by atoms with van der Waals surface area (Å²) >= 11 is 5.88. The molecule has 0 aliphatic heterocycles. The summed E-state index contributed by atoms with van der Waals surface area (Å²) in [5.74, 6) is 0.114. The predicted molar refractivity (Wildman–Crippen MR) is 78.2 cm³/mol. The molecule has 8 heteroatoms. The molecule has 3 N–H and O–H groups in total. The SMILES string of the molecule is CCNCc1cc(S(=O)(=O)Nc2ncccc2Cl)c[nH]1. The van der Waals surface area contributed by atoms with Gasteiger partial charge in [0.05, 0.1) is 5.02 Å². The number of nitrogens with one attached hydrogen (secondary N) is 3. The van der Waals surface area contributed by atoms with Crippen LogP contribution in [0.5, 0.6) is 0 Å². The quantitative estimate of drug-likeness (QED) is 0.761. The van der Waals surface area contributed by atoms with Crippen molar-refractivity contribution >= 4 is 27.4 Å². The van der Waals surface area contributed by atoms with Gasteiger partial charge in [-0.25, -0.2) is 13.4 Å². The van der Waals surface area contributed by atoms with E-state index in [2.05, 4.69) is 20.0 Å². The van der Waals surface area contributed by atoms with Crippen molar-refractivity contribution in [1.82, 2.24) is 15.3 Å². The van der Waals surface area contributed by atoms with Crippen molar-refractivity contribution in [2.24, 2.45) is 0 Å². The molecule has 0 atom stereocenters. The van der Waals surface area contributed by atoms with Crippen LogP contribution >= 0.6 is 11.6 Å². The first-order valence-electron chi connectivity index (χ1n) is 6.04. The monoisotopic (exact) mass is 314 g/mol. The van der Waals surface area contributed by atoms with Gasteiger partial charge in [0.1, 0.15) is 4.90 Å². The van der Waals surface area contributed by atoms with Crippen LogP contribution in [-0.4, -0.2) is 24.9 Å². The molecule has 0 saturated carbocycles. The number of halogens is 1. The molecular weight excluding hydrogens is 300 g/mol. The van der Waals surface area contributed by atoms with E-state index in [1.54, 1.807) is 18.2 Å². The number of pyridine rings is 1. The Morgan fingerprint density at radius 2 is 2.25 bits per heavy atom. The van der Waals surface area contributed by atoms with Crippen molar-refractivity contribution < 1.29 is 8.42 Å². The lowest BCUT2D eigenvalue weighted by molar-refractivity contribution is 0.601. The average Bonchev–Trinajstić information content (AvgIpc) is 2.88.